The number of rotatable bonds is 10. The van der Waals surface area contributed by atoms with E-state index in [1.807, 2.05) is 23.1 Å². The molecule has 0 fully saturated rings. The lowest BCUT2D eigenvalue weighted by Crippen LogP contribution is -2.33. The monoisotopic (exact) mass is 372 g/mol. The molecule has 0 spiro atoms. The third kappa shape index (κ3) is 5.57. The molecule has 1 amide bonds. The fourth-order valence-electron chi connectivity index (χ4n) is 2.74. The first-order valence-corrected chi connectivity index (χ1v) is 9.20. The van der Waals surface area contributed by atoms with E-state index in [-0.39, 0.29) is 5.91 Å². The lowest BCUT2D eigenvalue weighted by atomic mass is 10.2. The highest BCUT2D eigenvalue weighted by Crippen LogP contribution is 2.27. The van der Waals surface area contributed by atoms with Gasteiger partial charge in [-0.15, -0.1) is 10.2 Å². The maximum absolute atomic E-state index is 12.5. The van der Waals surface area contributed by atoms with Crippen molar-refractivity contribution in [2.45, 2.75) is 33.2 Å². The molecule has 0 bridgehead atoms. The summed E-state index contributed by atoms with van der Waals surface area (Å²) < 4.78 is 10.5. The molecule has 27 heavy (non-hydrogen) atoms. The van der Waals surface area contributed by atoms with E-state index in [0.29, 0.717) is 29.6 Å². The van der Waals surface area contributed by atoms with Crippen LogP contribution in [0.1, 0.15) is 42.7 Å². The van der Waals surface area contributed by atoms with Gasteiger partial charge >= 0.3 is 0 Å². The van der Waals surface area contributed by atoms with Gasteiger partial charge < -0.3 is 19.7 Å². The SMILES string of the molecule is CCCN(CCC)C(=O)c1ccc(NCc2ccc(OC)c(OC)c2)nn1. The van der Waals surface area contributed by atoms with E-state index in [2.05, 4.69) is 29.4 Å². The van der Waals surface area contributed by atoms with Crippen LogP contribution in [0, 0.1) is 0 Å². The largest absolute Gasteiger partial charge is 0.493 e. The zero-order valence-corrected chi connectivity index (χ0v) is 16.5. The quantitative estimate of drug-likeness (QED) is 0.689. The number of aromatic nitrogens is 2. The van der Waals surface area contributed by atoms with Crippen LogP contribution in [0.5, 0.6) is 11.5 Å². The van der Waals surface area contributed by atoms with Gasteiger partial charge in [0.2, 0.25) is 0 Å². The van der Waals surface area contributed by atoms with Gasteiger partial charge in [0.25, 0.3) is 5.91 Å². The van der Waals surface area contributed by atoms with Gasteiger partial charge in [-0.1, -0.05) is 19.9 Å². The fourth-order valence-corrected chi connectivity index (χ4v) is 2.74. The number of anilines is 1. The number of ether oxygens (including phenoxy) is 2. The van der Waals surface area contributed by atoms with Crippen LogP contribution in [-0.4, -0.2) is 48.3 Å². The molecule has 0 aliphatic heterocycles. The Morgan fingerprint density at radius 1 is 1.00 bits per heavy atom. The summed E-state index contributed by atoms with van der Waals surface area (Å²) in [6.45, 7) is 6.13. The summed E-state index contributed by atoms with van der Waals surface area (Å²) >= 11 is 0. The van der Waals surface area contributed by atoms with Crippen LogP contribution in [0.3, 0.4) is 0 Å². The van der Waals surface area contributed by atoms with Crippen molar-refractivity contribution in [3.05, 3.63) is 41.6 Å². The molecular weight excluding hydrogens is 344 g/mol. The maximum atomic E-state index is 12.5. The average molecular weight is 372 g/mol. The zero-order valence-electron chi connectivity index (χ0n) is 16.5. The summed E-state index contributed by atoms with van der Waals surface area (Å²) in [5.41, 5.74) is 1.39. The van der Waals surface area contributed by atoms with Crippen molar-refractivity contribution in [1.29, 1.82) is 0 Å². The van der Waals surface area contributed by atoms with Crippen LogP contribution >= 0.6 is 0 Å². The molecule has 146 valence electrons. The molecule has 0 unspecified atom stereocenters. The molecule has 0 atom stereocenters. The third-order valence-electron chi connectivity index (χ3n) is 4.08. The molecule has 2 rings (SSSR count). The number of carbonyl (C=O) groups excluding carboxylic acids is 1. The minimum absolute atomic E-state index is 0.0716. The van der Waals surface area contributed by atoms with Gasteiger partial charge in [-0.2, -0.15) is 0 Å². The first-order valence-electron chi connectivity index (χ1n) is 9.20. The standard InChI is InChI=1S/C20H28N4O3/c1-5-11-24(12-6-2)20(25)16-8-10-19(23-22-16)21-14-15-7-9-17(26-3)18(13-15)27-4/h7-10,13H,5-6,11-12,14H2,1-4H3,(H,21,23). The summed E-state index contributed by atoms with van der Waals surface area (Å²) in [7, 11) is 3.22. The van der Waals surface area contributed by atoms with Gasteiger partial charge in [0, 0.05) is 19.6 Å². The Morgan fingerprint density at radius 2 is 1.70 bits per heavy atom. The second-order valence-corrected chi connectivity index (χ2v) is 6.14. The number of amides is 1. The molecule has 0 aliphatic rings. The Kier molecular flexibility index (Phi) is 7.85. The predicted molar refractivity (Wildman–Crippen MR) is 105 cm³/mol. The topological polar surface area (TPSA) is 76.6 Å². The Hall–Kier alpha value is -2.83. The van der Waals surface area contributed by atoms with E-state index < -0.39 is 0 Å². The number of nitrogens with one attached hydrogen (secondary N) is 1. The Labute approximate surface area is 160 Å². The lowest BCUT2D eigenvalue weighted by Gasteiger charge is -2.20. The summed E-state index contributed by atoms with van der Waals surface area (Å²) in [6, 6.07) is 9.21. The summed E-state index contributed by atoms with van der Waals surface area (Å²) in [5, 5.41) is 11.4. The van der Waals surface area contributed by atoms with E-state index in [9.17, 15) is 4.79 Å². The van der Waals surface area contributed by atoms with E-state index in [1.54, 1.807) is 26.4 Å². The third-order valence-corrected chi connectivity index (χ3v) is 4.08. The molecule has 0 aliphatic carbocycles. The van der Waals surface area contributed by atoms with E-state index in [4.69, 9.17) is 9.47 Å². The van der Waals surface area contributed by atoms with Gasteiger partial charge in [0.1, 0.15) is 5.82 Å². The summed E-state index contributed by atoms with van der Waals surface area (Å²) in [5.74, 6) is 1.90. The van der Waals surface area contributed by atoms with Crippen LogP contribution in [0.15, 0.2) is 30.3 Å². The van der Waals surface area contributed by atoms with Crippen molar-refractivity contribution in [2.24, 2.45) is 0 Å². The number of hydrogen-bond donors (Lipinski definition) is 1. The van der Waals surface area contributed by atoms with Crippen molar-refractivity contribution in [3.63, 3.8) is 0 Å². The Bertz CT molecular complexity index is 729. The molecule has 7 heteroatoms. The van der Waals surface area contributed by atoms with Crippen molar-refractivity contribution in [3.8, 4) is 11.5 Å². The van der Waals surface area contributed by atoms with Gasteiger partial charge in [-0.25, -0.2) is 0 Å². The van der Waals surface area contributed by atoms with Crippen molar-refractivity contribution in [1.82, 2.24) is 15.1 Å². The molecule has 0 saturated carbocycles. The van der Waals surface area contributed by atoms with Gasteiger partial charge in [0.05, 0.1) is 14.2 Å². The summed E-state index contributed by atoms with van der Waals surface area (Å²) in [4.78, 5) is 14.3. The molecule has 0 saturated heterocycles. The molecule has 1 heterocycles. The smallest absolute Gasteiger partial charge is 0.274 e. The second kappa shape index (κ2) is 10.4. The van der Waals surface area contributed by atoms with Crippen LogP contribution < -0.4 is 14.8 Å². The maximum Gasteiger partial charge on any atom is 0.274 e. The zero-order chi connectivity index (χ0) is 19.6. The van der Waals surface area contributed by atoms with Gasteiger partial charge in [-0.3, -0.25) is 4.79 Å². The predicted octanol–water partition coefficient (Wildman–Crippen LogP) is 3.37. The second-order valence-electron chi connectivity index (χ2n) is 6.14. The fraction of sp³-hybridized carbons (Fsp3) is 0.450. The highest BCUT2D eigenvalue weighted by molar-refractivity contribution is 5.92. The molecule has 2 aromatic rings. The first kappa shape index (κ1) is 20.5. The molecule has 7 nitrogen and oxygen atoms in total. The van der Waals surface area contributed by atoms with Gasteiger partial charge in [-0.05, 0) is 42.7 Å². The Morgan fingerprint density at radius 3 is 2.26 bits per heavy atom. The van der Waals surface area contributed by atoms with Crippen molar-refractivity contribution >= 4 is 11.7 Å². The van der Waals surface area contributed by atoms with Crippen molar-refractivity contribution < 1.29 is 14.3 Å². The lowest BCUT2D eigenvalue weighted by molar-refractivity contribution is 0.0748. The molecule has 0 radical (unpaired) electrons. The molecular formula is C20H28N4O3. The van der Waals surface area contributed by atoms with E-state index >= 15 is 0 Å². The average Bonchev–Trinajstić information content (AvgIpc) is 2.71. The summed E-state index contributed by atoms with van der Waals surface area (Å²) in [6.07, 6.45) is 1.84. The number of carbonyl (C=O) groups is 1. The molecule has 1 aromatic carbocycles. The van der Waals surface area contributed by atoms with Crippen molar-refractivity contribution in [2.75, 3.05) is 32.6 Å². The minimum atomic E-state index is -0.0716. The number of nitrogens with zero attached hydrogens (tertiary/aromatic N) is 3. The number of methoxy groups -OCH3 is 2. The highest BCUT2D eigenvalue weighted by atomic mass is 16.5. The highest BCUT2D eigenvalue weighted by Gasteiger charge is 2.16. The van der Waals surface area contributed by atoms with Gasteiger partial charge in [0.15, 0.2) is 17.2 Å². The first-order chi connectivity index (χ1) is 13.1. The van der Waals surface area contributed by atoms with E-state index in [1.165, 1.54) is 0 Å². The Balaban J connectivity index is 2.00. The number of hydrogen-bond acceptors (Lipinski definition) is 6. The van der Waals surface area contributed by atoms with Crippen LogP contribution in [-0.2, 0) is 6.54 Å². The molecule has 1 N–H and O–H groups in total. The van der Waals surface area contributed by atoms with Crippen LogP contribution in [0.4, 0.5) is 5.82 Å². The normalized spacial score (nSPS) is 10.4. The minimum Gasteiger partial charge on any atom is -0.493 e. The van der Waals surface area contributed by atoms with E-state index in [0.717, 1.165) is 31.5 Å². The van der Waals surface area contributed by atoms with Crippen LogP contribution in [0.2, 0.25) is 0 Å². The van der Waals surface area contributed by atoms with Crippen LogP contribution in [0.25, 0.3) is 0 Å². The number of benzene rings is 1. The molecule has 1 aromatic heterocycles.